The molecule has 0 aliphatic carbocycles. The highest BCUT2D eigenvalue weighted by Gasteiger charge is 2.14. The normalized spacial score (nSPS) is 11.2. The van der Waals surface area contributed by atoms with E-state index in [-0.39, 0.29) is 5.91 Å². The lowest BCUT2D eigenvalue weighted by atomic mass is 10.0. The maximum Gasteiger partial charge on any atom is 0.251 e. The van der Waals surface area contributed by atoms with Crippen molar-refractivity contribution in [3.63, 3.8) is 0 Å². The highest BCUT2D eigenvalue weighted by molar-refractivity contribution is 7.98. The molecule has 2 N–H and O–H groups in total. The highest BCUT2D eigenvalue weighted by Crippen LogP contribution is 2.23. The van der Waals surface area contributed by atoms with E-state index in [0.717, 1.165) is 27.6 Å². The minimum Gasteiger partial charge on any atom is -0.380 e. The number of aromatic nitrogens is 4. The number of benzene rings is 2. The summed E-state index contributed by atoms with van der Waals surface area (Å²) in [6, 6.07) is 13.6. The molecule has 4 aromatic rings. The first-order valence-electron chi connectivity index (χ1n) is 10.6. The molecule has 0 unspecified atom stereocenters. The minimum absolute atomic E-state index is 0.101. The van der Waals surface area contributed by atoms with Crippen molar-refractivity contribution in [3.05, 3.63) is 54.2 Å². The molecule has 2 aromatic carbocycles. The van der Waals surface area contributed by atoms with Gasteiger partial charge in [0.1, 0.15) is 5.82 Å². The van der Waals surface area contributed by atoms with Gasteiger partial charge < -0.3 is 15.4 Å². The molecule has 32 heavy (non-hydrogen) atoms. The molecule has 0 fully saturated rings. The van der Waals surface area contributed by atoms with Crippen LogP contribution < -0.4 is 10.6 Å². The summed E-state index contributed by atoms with van der Waals surface area (Å²) >= 11 is 1.48. The van der Waals surface area contributed by atoms with Crippen LogP contribution in [-0.4, -0.2) is 58.2 Å². The zero-order valence-electron chi connectivity index (χ0n) is 18.2. The average Bonchev–Trinajstić information content (AvgIpc) is 3.24. The summed E-state index contributed by atoms with van der Waals surface area (Å²) in [5.41, 5.74) is 1.41. The van der Waals surface area contributed by atoms with E-state index in [0.29, 0.717) is 43.6 Å². The van der Waals surface area contributed by atoms with Crippen molar-refractivity contribution in [1.29, 1.82) is 0 Å². The fraction of sp³-hybridized carbons (Fsp3) is 0.304. The van der Waals surface area contributed by atoms with Gasteiger partial charge in [-0.1, -0.05) is 48.2 Å². The number of nitrogens with zero attached hydrogens (tertiary/aromatic N) is 4. The van der Waals surface area contributed by atoms with E-state index in [1.54, 1.807) is 10.9 Å². The van der Waals surface area contributed by atoms with Crippen LogP contribution in [0.15, 0.2) is 53.8 Å². The summed E-state index contributed by atoms with van der Waals surface area (Å²) in [5, 5.41) is 14.3. The van der Waals surface area contributed by atoms with Gasteiger partial charge >= 0.3 is 0 Å². The second-order valence-corrected chi connectivity index (χ2v) is 7.84. The number of rotatable bonds is 10. The van der Waals surface area contributed by atoms with Crippen LogP contribution in [0.1, 0.15) is 17.3 Å². The van der Waals surface area contributed by atoms with Crippen LogP contribution in [-0.2, 0) is 11.3 Å². The first kappa shape index (κ1) is 22.0. The molecular formula is C23H26N6O2S. The van der Waals surface area contributed by atoms with Crippen molar-refractivity contribution in [1.82, 2.24) is 25.1 Å². The van der Waals surface area contributed by atoms with Gasteiger partial charge in [-0.15, -0.1) is 0 Å². The number of anilines is 1. The SMILES string of the molecule is CCOCCNc1nc(SC)nc2c1cnn2CCNC(=O)c1cccc2ccccc12. The quantitative estimate of drug-likeness (QED) is 0.217. The number of carbonyl (C=O) groups excluding carboxylic acids is 1. The lowest BCUT2D eigenvalue weighted by Gasteiger charge is -2.10. The fourth-order valence-electron chi connectivity index (χ4n) is 3.50. The molecule has 0 atom stereocenters. The topological polar surface area (TPSA) is 94.0 Å². The van der Waals surface area contributed by atoms with Gasteiger partial charge in [-0.05, 0) is 30.0 Å². The Kier molecular flexibility index (Phi) is 7.18. The summed E-state index contributed by atoms with van der Waals surface area (Å²) in [7, 11) is 0. The Morgan fingerprint density at radius 3 is 2.78 bits per heavy atom. The first-order valence-corrected chi connectivity index (χ1v) is 11.8. The third kappa shape index (κ3) is 4.84. The van der Waals surface area contributed by atoms with Crippen LogP contribution in [0.25, 0.3) is 21.8 Å². The van der Waals surface area contributed by atoms with Crippen molar-refractivity contribution in [2.45, 2.75) is 18.6 Å². The zero-order valence-corrected chi connectivity index (χ0v) is 19.0. The van der Waals surface area contributed by atoms with Crippen molar-refractivity contribution in [2.75, 3.05) is 37.9 Å². The smallest absolute Gasteiger partial charge is 0.251 e. The van der Waals surface area contributed by atoms with E-state index in [1.165, 1.54) is 11.8 Å². The standard InChI is InChI=1S/C23H26N6O2S/c1-3-31-14-12-24-20-19-15-26-29(21(19)28-23(27-20)32-2)13-11-25-22(30)18-10-6-8-16-7-4-5-9-17(16)18/h4-10,15H,3,11-14H2,1-2H3,(H,25,30)(H,24,27,28). The van der Waals surface area contributed by atoms with Crippen molar-refractivity contribution in [2.24, 2.45) is 0 Å². The monoisotopic (exact) mass is 450 g/mol. The molecule has 0 spiro atoms. The first-order chi connectivity index (χ1) is 15.7. The van der Waals surface area contributed by atoms with Crippen LogP contribution in [0.4, 0.5) is 5.82 Å². The van der Waals surface area contributed by atoms with Crippen LogP contribution in [0.5, 0.6) is 0 Å². The van der Waals surface area contributed by atoms with Gasteiger partial charge in [-0.3, -0.25) is 4.79 Å². The van der Waals surface area contributed by atoms with E-state index in [4.69, 9.17) is 4.74 Å². The van der Waals surface area contributed by atoms with Gasteiger partial charge in [0.2, 0.25) is 0 Å². The molecule has 4 rings (SSSR count). The number of ether oxygens (including phenoxy) is 1. The maximum absolute atomic E-state index is 12.8. The van der Waals surface area contributed by atoms with E-state index >= 15 is 0 Å². The van der Waals surface area contributed by atoms with Crippen LogP contribution in [0.2, 0.25) is 0 Å². The van der Waals surface area contributed by atoms with Crippen molar-refractivity contribution in [3.8, 4) is 0 Å². The highest BCUT2D eigenvalue weighted by atomic mass is 32.2. The molecule has 2 aromatic heterocycles. The molecule has 0 aliphatic heterocycles. The van der Waals surface area contributed by atoms with Gasteiger partial charge in [0, 0.05) is 25.3 Å². The maximum atomic E-state index is 12.8. The molecule has 0 aliphatic rings. The summed E-state index contributed by atoms with van der Waals surface area (Å²) in [6.07, 6.45) is 3.70. The number of carbonyl (C=O) groups is 1. The Morgan fingerprint density at radius 1 is 1.09 bits per heavy atom. The molecule has 0 saturated heterocycles. The Labute approximate surface area is 190 Å². The summed E-state index contributed by atoms with van der Waals surface area (Å²) in [5.74, 6) is 0.640. The summed E-state index contributed by atoms with van der Waals surface area (Å²) in [4.78, 5) is 22.0. The third-order valence-electron chi connectivity index (χ3n) is 5.04. The van der Waals surface area contributed by atoms with Gasteiger partial charge in [-0.25, -0.2) is 14.6 Å². The minimum atomic E-state index is -0.101. The molecule has 9 heteroatoms. The lowest BCUT2D eigenvalue weighted by molar-refractivity contribution is 0.0953. The predicted molar refractivity (Wildman–Crippen MR) is 128 cm³/mol. The largest absolute Gasteiger partial charge is 0.380 e. The Hall–Kier alpha value is -3.17. The molecule has 0 saturated carbocycles. The van der Waals surface area contributed by atoms with Gasteiger partial charge in [0.05, 0.1) is 24.7 Å². The van der Waals surface area contributed by atoms with Crippen molar-refractivity contribution < 1.29 is 9.53 Å². The van der Waals surface area contributed by atoms with E-state index in [2.05, 4.69) is 25.7 Å². The van der Waals surface area contributed by atoms with Gasteiger partial charge in [0.25, 0.3) is 5.91 Å². The Morgan fingerprint density at radius 2 is 1.94 bits per heavy atom. The molecule has 0 radical (unpaired) electrons. The molecule has 0 bridgehead atoms. The van der Waals surface area contributed by atoms with E-state index < -0.39 is 0 Å². The number of nitrogens with one attached hydrogen (secondary N) is 2. The summed E-state index contributed by atoms with van der Waals surface area (Å²) < 4.78 is 7.20. The van der Waals surface area contributed by atoms with Crippen LogP contribution in [0.3, 0.4) is 0 Å². The number of fused-ring (bicyclic) bond motifs is 2. The average molecular weight is 451 g/mol. The summed E-state index contributed by atoms with van der Waals surface area (Å²) in [6.45, 7) is 4.84. The lowest BCUT2D eigenvalue weighted by Crippen LogP contribution is -2.27. The third-order valence-corrected chi connectivity index (χ3v) is 5.59. The van der Waals surface area contributed by atoms with E-state index in [9.17, 15) is 4.79 Å². The number of amides is 1. The number of hydrogen-bond acceptors (Lipinski definition) is 7. The molecule has 2 heterocycles. The molecule has 1 amide bonds. The molecule has 166 valence electrons. The molecular weight excluding hydrogens is 424 g/mol. The van der Waals surface area contributed by atoms with E-state index in [1.807, 2.05) is 55.6 Å². The zero-order chi connectivity index (χ0) is 22.3. The van der Waals surface area contributed by atoms with Gasteiger partial charge in [-0.2, -0.15) is 5.10 Å². The fourth-order valence-corrected chi connectivity index (χ4v) is 3.87. The Balaban J connectivity index is 1.46. The molecule has 8 nitrogen and oxygen atoms in total. The van der Waals surface area contributed by atoms with Crippen molar-refractivity contribution >= 4 is 45.3 Å². The second-order valence-electron chi connectivity index (χ2n) is 7.07. The predicted octanol–water partition coefficient (Wildman–Crippen LogP) is 3.58. The number of thioether (sulfide) groups is 1. The van der Waals surface area contributed by atoms with Crippen LogP contribution >= 0.6 is 11.8 Å². The van der Waals surface area contributed by atoms with Gasteiger partial charge in [0.15, 0.2) is 10.8 Å². The Bertz CT molecular complexity index is 1220. The number of hydrogen-bond donors (Lipinski definition) is 2. The van der Waals surface area contributed by atoms with Crippen LogP contribution in [0, 0.1) is 0 Å². The second kappa shape index (κ2) is 10.4.